The van der Waals surface area contributed by atoms with Gasteiger partial charge in [-0.25, -0.2) is 0 Å². The van der Waals surface area contributed by atoms with Gasteiger partial charge in [-0.05, 0) is 92.7 Å². The standard InChI is InChI=1S/C32H34BrN3O2S/c33-27-11-6-10-26(21-27)22-30-32(38)36(28-12-4-5-13-29(28)39-30)23-31(37)34-16-7-17-35-18-14-25(15-19-35)20-24-8-2-1-3-9-24/h1-6,8-13,21-22,25H,7,14-20,23H2,(H,34,37)/b30-22-. The van der Waals surface area contributed by atoms with Crippen LogP contribution in [0.1, 0.15) is 30.4 Å². The van der Waals surface area contributed by atoms with Crippen molar-refractivity contribution in [2.75, 3.05) is 37.6 Å². The van der Waals surface area contributed by atoms with Crippen LogP contribution in [-0.2, 0) is 16.0 Å². The number of nitrogens with zero attached hydrogens (tertiary/aromatic N) is 2. The van der Waals surface area contributed by atoms with Crippen molar-refractivity contribution in [1.29, 1.82) is 0 Å². The van der Waals surface area contributed by atoms with Gasteiger partial charge in [0.05, 0.1) is 10.6 Å². The highest BCUT2D eigenvalue weighted by atomic mass is 79.9. The van der Waals surface area contributed by atoms with Crippen LogP contribution in [-0.4, -0.2) is 49.4 Å². The lowest BCUT2D eigenvalue weighted by Crippen LogP contribution is -2.43. The van der Waals surface area contributed by atoms with Crippen molar-refractivity contribution in [3.05, 3.63) is 99.4 Å². The summed E-state index contributed by atoms with van der Waals surface area (Å²) in [5.74, 6) is 0.481. The maximum absolute atomic E-state index is 13.4. The summed E-state index contributed by atoms with van der Waals surface area (Å²) in [4.78, 5) is 32.0. The van der Waals surface area contributed by atoms with Crippen LogP contribution in [0.25, 0.3) is 6.08 Å². The second-order valence-electron chi connectivity index (χ2n) is 10.2. The molecule has 0 aromatic heterocycles. The van der Waals surface area contributed by atoms with E-state index in [0.29, 0.717) is 11.4 Å². The number of fused-ring (bicyclic) bond motifs is 1. The number of rotatable bonds is 9. The van der Waals surface area contributed by atoms with E-state index in [-0.39, 0.29) is 18.4 Å². The molecular formula is C32H34BrN3O2S. The molecule has 1 saturated heterocycles. The Hall–Kier alpha value is -2.87. The summed E-state index contributed by atoms with van der Waals surface area (Å²) in [7, 11) is 0. The number of nitrogens with one attached hydrogen (secondary N) is 1. The lowest BCUT2D eigenvalue weighted by atomic mass is 9.90. The summed E-state index contributed by atoms with van der Waals surface area (Å²) >= 11 is 4.95. The monoisotopic (exact) mass is 603 g/mol. The number of para-hydroxylation sites is 1. The molecule has 1 fully saturated rings. The molecule has 2 heterocycles. The number of amides is 2. The van der Waals surface area contributed by atoms with Crippen LogP contribution >= 0.6 is 27.7 Å². The van der Waals surface area contributed by atoms with Crippen molar-refractivity contribution in [2.24, 2.45) is 5.92 Å². The fourth-order valence-corrected chi connectivity index (χ4v) is 6.73. The first-order valence-corrected chi connectivity index (χ1v) is 15.2. The predicted molar refractivity (Wildman–Crippen MR) is 164 cm³/mol. The Balaban J connectivity index is 1.10. The molecule has 0 aliphatic carbocycles. The molecule has 202 valence electrons. The molecule has 0 saturated carbocycles. The Morgan fingerprint density at radius 2 is 1.77 bits per heavy atom. The Morgan fingerprint density at radius 1 is 1.00 bits per heavy atom. The molecule has 0 unspecified atom stereocenters. The summed E-state index contributed by atoms with van der Waals surface area (Å²) in [5.41, 5.74) is 3.16. The third kappa shape index (κ3) is 7.62. The van der Waals surface area contributed by atoms with Gasteiger partial charge in [0, 0.05) is 15.9 Å². The Labute approximate surface area is 243 Å². The summed E-state index contributed by atoms with van der Waals surface area (Å²) < 4.78 is 0.957. The van der Waals surface area contributed by atoms with Gasteiger partial charge in [0.1, 0.15) is 6.54 Å². The van der Waals surface area contributed by atoms with Gasteiger partial charge < -0.3 is 10.2 Å². The molecule has 3 aromatic rings. The van der Waals surface area contributed by atoms with Crippen molar-refractivity contribution in [2.45, 2.75) is 30.6 Å². The van der Waals surface area contributed by atoms with Crippen LogP contribution in [0.4, 0.5) is 5.69 Å². The molecule has 2 aliphatic rings. The lowest BCUT2D eigenvalue weighted by Gasteiger charge is -2.32. The van der Waals surface area contributed by atoms with Gasteiger partial charge in [0.25, 0.3) is 5.91 Å². The zero-order valence-electron chi connectivity index (χ0n) is 22.0. The number of hydrogen-bond donors (Lipinski definition) is 1. The lowest BCUT2D eigenvalue weighted by molar-refractivity contribution is -0.122. The third-order valence-corrected chi connectivity index (χ3v) is 8.90. The third-order valence-electron chi connectivity index (χ3n) is 7.33. The van der Waals surface area contributed by atoms with Gasteiger partial charge in [-0.3, -0.25) is 14.5 Å². The van der Waals surface area contributed by atoms with Gasteiger partial charge in [-0.1, -0.05) is 82.3 Å². The van der Waals surface area contributed by atoms with E-state index in [9.17, 15) is 9.59 Å². The van der Waals surface area contributed by atoms with Crippen LogP contribution in [0.2, 0.25) is 0 Å². The average molecular weight is 605 g/mol. The molecule has 7 heteroatoms. The van der Waals surface area contributed by atoms with Gasteiger partial charge in [-0.15, -0.1) is 0 Å². The number of carbonyl (C=O) groups is 2. The molecule has 5 rings (SSSR count). The van der Waals surface area contributed by atoms with Crippen molar-refractivity contribution in [1.82, 2.24) is 10.2 Å². The molecule has 0 spiro atoms. The van der Waals surface area contributed by atoms with E-state index in [1.54, 1.807) is 4.90 Å². The van der Waals surface area contributed by atoms with E-state index in [4.69, 9.17) is 0 Å². The Kier molecular flexibility index (Phi) is 9.56. The normalized spacial score (nSPS) is 17.3. The van der Waals surface area contributed by atoms with Crippen LogP contribution in [0.3, 0.4) is 0 Å². The van der Waals surface area contributed by atoms with Gasteiger partial charge in [0.15, 0.2) is 0 Å². The highest BCUT2D eigenvalue weighted by molar-refractivity contribution is 9.10. The quantitative estimate of drug-likeness (QED) is 0.227. The molecule has 5 nitrogen and oxygen atoms in total. The van der Waals surface area contributed by atoms with Crippen LogP contribution in [0.5, 0.6) is 0 Å². The minimum absolute atomic E-state index is 0.0110. The maximum atomic E-state index is 13.4. The molecule has 0 atom stereocenters. The SMILES string of the molecule is O=C(CN1C(=O)/C(=C/c2cccc(Br)c2)Sc2ccccc21)NCCCN1CCC(Cc2ccccc2)CC1. The molecular weight excluding hydrogens is 570 g/mol. The van der Waals surface area contributed by atoms with Crippen molar-refractivity contribution in [3.63, 3.8) is 0 Å². The fraction of sp³-hybridized carbons (Fsp3) is 0.312. The number of thioether (sulfide) groups is 1. The molecule has 0 radical (unpaired) electrons. The number of halogens is 1. The zero-order valence-corrected chi connectivity index (χ0v) is 24.4. The second kappa shape index (κ2) is 13.5. The molecule has 3 aromatic carbocycles. The van der Waals surface area contributed by atoms with E-state index in [0.717, 1.165) is 52.6 Å². The Bertz CT molecular complexity index is 1320. The zero-order chi connectivity index (χ0) is 27.0. The van der Waals surface area contributed by atoms with E-state index < -0.39 is 0 Å². The van der Waals surface area contributed by atoms with Gasteiger partial charge in [0.2, 0.25) is 5.91 Å². The number of carbonyl (C=O) groups excluding carboxylic acids is 2. The Morgan fingerprint density at radius 3 is 2.56 bits per heavy atom. The molecule has 2 amide bonds. The molecule has 39 heavy (non-hydrogen) atoms. The first-order valence-electron chi connectivity index (χ1n) is 13.6. The minimum Gasteiger partial charge on any atom is -0.355 e. The molecule has 0 bridgehead atoms. The average Bonchev–Trinajstić information content (AvgIpc) is 2.95. The first-order chi connectivity index (χ1) is 19.0. The van der Waals surface area contributed by atoms with Crippen LogP contribution in [0.15, 0.2) is 93.1 Å². The highest BCUT2D eigenvalue weighted by Crippen LogP contribution is 2.42. The highest BCUT2D eigenvalue weighted by Gasteiger charge is 2.30. The summed E-state index contributed by atoms with van der Waals surface area (Å²) in [6.45, 7) is 3.85. The summed E-state index contributed by atoms with van der Waals surface area (Å²) in [6.07, 6.45) is 6.42. The number of hydrogen-bond acceptors (Lipinski definition) is 4. The smallest absolute Gasteiger partial charge is 0.265 e. The van der Waals surface area contributed by atoms with Crippen molar-refractivity contribution >= 4 is 51.3 Å². The maximum Gasteiger partial charge on any atom is 0.265 e. The van der Waals surface area contributed by atoms with Crippen LogP contribution < -0.4 is 10.2 Å². The minimum atomic E-state index is -0.146. The van der Waals surface area contributed by atoms with Gasteiger partial charge >= 0.3 is 0 Å². The van der Waals surface area contributed by atoms with E-state index in [1.807, 2.05) is 54.6 Å². The largest absolute Gasteiger partial charge is 0.355 e. The molecule has 2 aliphatic heterocycles. The summed E-state index contributed by atoms with van der Waals surface area (Å²) in [6, 6.07) is 26.4. The topological polar surface area (TPSA) is 52.7 Å². The molecule has 1 N–H and O–H groups in total. The fourth-order valence-electron chi connectivity index (χ4n) is 5.26. The number of likely N-dealkylation sites (tertiary alicyclic amines) is 1. The first kappa shape index (κ1) is 27.7. The second-order valence-corrected chi connectivity index (χ2v) is 12.2. The van der Waals surface area contributed by atoms with Crippen molar-refractivity contribution < 1.29 is 9.59 Å². The van der Waals surface area contributed by atoms with E-state index in [2.05, 4.69) is 56.5 Å². The number of benzene rings is 3. The van der Waals surface area contributed by atoms with Gasteiger partial charge in [-0.2, -0.15) is 0 Å². The number of piperidine rings is 1. The summed E-state index contributed by atoms with van der Waals surface area (Å²) in [5, 5.41) is 3.04. The van der Waals surface area contributed by atoms with E-state index >= 15 is 0 Å². The predicted octanol–water partition coefficient (Wildman–Crippen LogP) is 6.39. The van der Waals surface area contributed by atoms with Crippen molar-refractivity contribution in [3.8, 4) is 0 Å². The number of anilines is 1. The van der Waals surface area contributed by atoms with Crippen LogP contribution in [0, 0.1) is 5.92 Å². The van der Waals surface area contributed by atoms with E-state index in [1.165, 1.54) is 36.6 Å².